The molecule has 17 heavy (non-hydrogen) atoms. The molecule has 0 atom stereocenters. The van der Waals surface area contributed by atoms with Gasteiger partial charge >= 0.3 is 0 Å². The van der Waals surface area contributed by atoms with Crippen LogP contribution in [0.4, 0.5) is 5.69 Å². The van der Waals surface area contributed by atoms with Gasteiger partial charge in [0.1, 0.15) is 0 Å². The summed E-state index contributed by atoms with van der Waals surface area (Å²) in [7, 11) is -3.61. The van der Waals surface area contributed by atoms with Crippen molar-refractivity contribution >= 4 is 15.7 Å². The third-order valence-corrected chi connectivity index (χ3v) is 3.68. The molecule has 1 aromatic carbocycles. The second-order valence-corrected chi connectivity index (χ2v) is 5.19. The summed E-state index contributed by atoms with van der Waals surface area (Å²) in [6.07, 6.45) is 1.46. The number of rotatable bonds is 3. The van der Waals surface area contributed by atoms with Gasteiger partial charge in [0.05, 0.1) is 0 Å². The van der Waals surface area contributed by atoms with Crippen LogP contribution in [0.5, 0.6) is 0 Å². The maximum atomic E-state index is 12.0. The average molecular weight is 248 g/mol. The summed E-state index contributed by atoms with van der Waals surface area (Å²) >= 11 is 0. The number of sulfonamides is 1. The van der Waals surface area contributed by atoms with E-state index in [0.29, 0.717) is 11.3 Å². The lowest BCUT2D eigenvalue weighted by Crippen LogP contribution is -2.15. The molecule has 0 aliphatic carbocycles. The summed E-state index contributed by atoms with van der Waals surface area (Å²) in [6.45, 7) is 1.71. The molecule has 0 unspecified atom stereocenters. The highest BCUT2D eigenvalue weighted by molar-refractivity contribution is 7.92. The first kappa shape index (κ1) is 11.6. The van der Waals surface area contributed by atoms with Crippen LogP contribution in [0.15, 0.2) is 53.7 Å². The van der Waals surface area contributed by atoms with E-state index in [-0.39, 0.29) is 5.03 Å². The van der Waals surface area contributed by atoms with Gasteiger partial charge in [-0.2, -0.15) is 8.42 Å². The third kappa shape index (κ3) is 2.62. The van der Waals surface area contributed by atoms with Gasteiger partial charge in [0.2, 0.25) is 0 Å². The summed E-state index contributed by atoms with van der Waals surface area (Å²) in [6, 6.07) is 12.2. The molecular weight excluding hydrogens is 236 g/mol. The SMILES string of the molecule is Cc1cccnc1S(=O)(=O)Nc1ccccc1. The molecule has 2 aromatic rings. The minimum atomic E-state index is -3.61. The number of nitrogens with zero attached hydrogens (tertiary/aromatic N) is 1. The van der Waals surface area contributed by atoms with Gasteiger partial charge in [-0.1, -0.05) is 24.3 Å². The molecule has 0 bridgehead atoms. The van der Waals surface area contributed by atoms with Crippen LogP contribution in [0, 0.1) is 6.92 Å². The molecule has 0 amide bonds. The number of pyridine rings is 1. The molecule has 0 aliphatic rings. The van der Waals surface area contributed by atoms with Crippen LogP contribution in [-0.4, -0.2) is 13.4 Å². The zero-order chi connectivity index (χ0) is 12.3. The van der Waals surface area contributed by atoms with Crippen molar-refractivity contribution in [3.8, 4) is 0 Å². The molecule has 2 rings (SSSR count). The predicted molar refractivity (Wildman–Crippen MR) is 66.2 cm³/mol. The van der Waals surface area contributed by atoms with Crippen molar-refractivity contribution in [2.45, 2.75) is 11.9 Å². The Labute approximate surface area is 100 Å². The van der Waals surface area contributed by atoms with E-state index in [1.54, 1.807) is 43.3 Å². The van der Waals surface area contributed by atoms with Crippen LogP contribution in [0.2, 0.25) is 0 Å². The van der Waals surface area contributed by atoms with Gasteiger partial charge < -0.3 is 0 Å². The summed E-state index contributed by atoms with van der Waals surface area (Å²) in [5.74, 6) is 0. The lowest BCUT2D eigenvalue weighted by atomic mass is 10.3. The van der Waals surface area contributed by atoms with E-state index in [9.17, 15) is 8.42 Å². The predicted octanol–water partition coefficient (Wildman–Crippen LogP) is 2.19. The van der Waals surface area contributed by atoms with Crippen molar-refractivity contribution in [3.63, 3.8) is 0 Å². The Kier molecular flexibility index (Phi) is 3.10. The van der Waals surface area contributed by atoms with Crippen molar-refractivity contribution in [2.75, 3.05) is 4.72 Å². The number of hydrogen-bond donors (Lipinski definition) is 1. The molecule has 1 aromatic heterocycles. The van der Waals surface area contributed by atoms with Crippen LogP contribution < -0.4 is 4.72 Å². The van der Waals surface area contributed by atoms with E-state index in [2.05, 4.69) is 9.71 Å². The normalized spacial score (nSPS) is 11.1. The summed E-state index contributed by atoms with van der Waals surface area (Å²) in [5.41, 5.74) is 1.15. The van der Waals surface area contributed by atoms with Gasteiger partial charge in [0, 0.05) is 11.9 Å². The first-order valence-corrected chi connectivity index (χ1v) is 6.57. The second-order valence-electron chi connectivity index (χ2n) is 3.60. The Bertz CT molecular complexity index is 609. The van der Waals surface area contributed by atoms with Crippen LogP contribution >= 0.6 is 0 Å². The first-order chi connectivity index (χ1) is 8.09. The van der Waals surface area contributed by atoms with E-state index in [1.807, 2.05) is 6.07 Å². The molecule has 88 valence electrons. The van der Waals surface area contributed by atoms with E-state index in [4.69, 9.17) is 0 Å². The average Bonchev–Trinajstić information content (AvgIpc) is 2.30. The van der Waals surface area contributed by atoms with Gasteiger partial charge in [0.25, 0.3) is 10.0 Å². The molecular formula is C12H12N2O2S. The Morgan fingerprint density at radius 1 is 1.06 bits per heavy atom. The first-order valence-electron chi connectivity index (χ1n) is 5.09. The van der Waals surface area contributed by atoms with Crippen molar-refractivity contribution in [1.82, 2.24) is 4.98 Å². The number of aromatic nitrogens is 1. The molecule has 1 heterocycles. The second kappa shape index (κ2) is 4.55. The van der Waals surface area contributed by atoms with Crippen molar-refractivity contribution < 1.29 is 8.42 Å². The molecule has 5 heteroatoms. The van der Waals surface area contributed by atoms with Gasteiger partial charge in [-0.15, -0.1) is 0 Å². The van der Waals surface area contributed by atoms with E-state index >= 15 is 0 Å². The minimum absolute atomic E-state index is 0.0591. The number of hydrogen-bond acceptors (Lipinski definition) is 3. The van der Waals surface area contributed by atoms with Crippen molar-refractivity contribution in [1.29, 1.82) is 0 Å². The number of anilines is 1. The Hall–Kier alpha value is -1.88. The van der Waals surface area contributed by atoms with E-state index in [0.717, 1.165) is 0 Å². The van der Waals surface area contributed by atoms with E-state index < -0.39 is 10.0 Å². The standard InChI is InChI=1S/C12H12N2O2S/c1-10-6-5-9-13-12(10)17(15,16)14-11-7-3-2-4-8-11/h2-9,14H,1H3. The topological polar surface area (TPSA) is 59.1 Å². The number of para-hydroxylation sites is 1. The number of nitrogens with one attached hydrogen (secondary N) is 1. The lowest BCUT2D eigenvalue weighted by Gasteiger charge is -2.08. The lowest BCUT2D eigenvalue weighted by molar-refractivity contribution is 0.596. The number of benzene rings is 1. The molecule has 0 spiro atoms. The fraction of sp³-hybridized carbons (Fsp3) is 0.0833. The fourth-order valence-electron chi connectivity index (χ4n) is 1.46. The monoisotopic (exact) mass is 248 g/mol. The number of aryl methyl sites for hydroxylation is 1. The quantitative estimate of drug-likeness (QED) is 0.905. The highest BCUT2D eigenvalue weighted by atomic mass is 32.2. The van der Waals surface area contributed by atoms with Crippen LogP contribution in [-0.2, 0) is 10.0 Å². The molecule has 0 aliphatic heterocycles. The maximum Gasteiger partial charge on any atom is 0.279 e. The molecule has 0 saturated carbocycles. The molecule has 0 fully saturated rings. The van der Waals surface area contributed by atoms with Crippen molar-refractivity contribution in [2.24, 2.45) is 0 Å². The Balaban J connectivity index is 2.36. The van der Waals surface area contributed by atoms with E-state index in [1.165, 1.54) is 6.20 Å². The summed E-state index contributed by atoms with van der Waals surface area (Å²) in [5, 5.41) is 0.0591. The maximum absolute atomic E-state index is 12.0. The zero-order valence-electron chi connectivity index (χ0n) is 9.29. The summed E-state index contributed by atoms with van der Waals surface area (Å²) in [4.78, 5) is 3.90. The highest BCUT2D eigenvalue weighted by Gasteiger charge is 2.17. The fourth-order valence-corrected chi connectivity index (χ4v) is 2.70. The molecule has 4 nitrogen and oxygen atoms in total. The van der Waals surface area contributed by atoms with Crippen LogP contribution in [0.25, 0.3) is 0 Å². The van der Waals surface area contributed by atoms with Crippen molar-refractivity contribution in [3.05, 3.63) is 54.2 Å². The van der Waals surface area contributed by atoms with Gasteiger partial charge in [-0.05, 0) is 30.7 Å². The van der Waals surface area contributed by atoms with Gasteiger partial charge in [-0.25, -0.2) is 4.98 Å². The minimum Gasteiger partial charge on any atom is -0.278 e. The third-order valence-electron chi connectivity index (χ3n) is 2.24. The zero-order valence-corrected chi connectivity index (χ0v) is 10.1. The molecule has 1 N–H and O–H groups in total. The Morgan fingerprint density at radius 3 is 2.41 bits per heavy atom. The smallest absolute Gasteiger partial charge is 0.278 e. The Morgan fingerprint density at radius 2 is 1.76 bits per heavy atom. The molecule has 0 saturated heterocycles. The largest absolute Gasteiger partial charge is 0.279 e. The van der Waals surface area contributed by atoms with Gasteiger partial charge in [-0.3, -0.25) is 4.72 Å². The van der Waals surface area contributed by atoms with Gasteiger partial charge in [0.15, 0.2) is 5.03 Å². The highest BCUT2D eigenvalue weighted by Crippen LogP contribution is 2.16. The molecule has 0 radical (unpaired) electrons. The summed E-state index contributed by atoms with van der Waals surface area (Å²) < 4.78 is 26.6. The van der Waals surface area contributed by atoms with Crippen LogP contribution in [0.1, 0.15) is 5.56 Å². The van der Waals surface area contributed by atoms with Crippen LogP contribution in [0.3, 0.4) is 0 Å².